The predicted molar refractivity (Wildman–Crippen MR) is 82.9 cm³/mol. The molecule has 21 heavy (non-hydrogen) atoms. The lowest BCUT2D eigenvalue weighted by Crippen LogP contribution is -2.09. The Bertz CT molecular complexity index is 695. The topological polar surface area (TPSA) is 76.9 Å². The Labute approximate surface area is 125 Å². The van der Waals surface area contributed by atoms with Crippen LogP contribution in [-0.2, 0) is 6.54 Å². The summed E-state index contributed by atoms with van der Waals surface area (Å²) in [6.07, 6.45) is 0. The van der Waals surface area contributed by atoms with Gasteiger partial charge in [0.05, 0.1) is 12.7 Å². The van der Waals surface area contributed by atoms with Crippen molar-refractivity contribution in [3.05, 3.63) is 29.6 Å². The van der Waals surface area contributed by atoms with Gasteiger partial charge in [0.2, 0.25) is 0 Å². The van der Waals surface area contributed by atoms with Crippen LogP contribution in [0.25, 0.3) is 11.3 Å². The Kier molecular flexibility index (Phi) is 4.18. The van der Waals surface area contributed by atoms with E-state index in [0.717, 1.165) is 17.9 Å². The molecular weight excluding hydrogens is 264 g/mol. The third-order valence-electron chi connectivity index (χ3n) is 3.34. The van der Waals surface area contributed by atoms with Crippen molar-refractivity contribution in [2.45, 2.75) is 27.3 Å². The molecule has 5 nitrogen and oxygen atoms in total. The Morgan fingerprint density at radius 1 is 1.43 bits per heavy atom. The van der Waals surface area contributed by atoms with E-state index in [4.69, 9.17) is 10.5 Å². The van der Waals surface area contributed by atoms with Gasteiger partial charge in [-0.3, -0.25) is 0 Å². The summed E-state index contributed by atoms with van der Waals surface area (Å²) in [6.45, 7) is 7.04. The summed E-state index contributed by atoms with van der Waals surface area (Å²) in [6, 6.07) is 7.53. The molecule has 0 aliphatic rings. The summed E-state index contributed by atoms with van der Waals surface area (Å²) in [5.74, 6) is 2.55. The number of rotatable bonds is 4. The minimum absolute atomic E-state index is 0.477. The van der Waals surface area contributed by atoms with E-state index in [1.165, 1.54) is 0 Å². The number of methoxy groups -OCH3 is 1. The molecule has 1 heterocycles. The number of benzene rings is 1. The van der Waals surface area contributed by atoms with Crippen molar-refractivity contribution >= 4 is 5.82 Å². The quantitative estimate of drug-likeness (QED) is 0.936. The number of hydrogen-bond donors (Lipinski definition) is 1. The van der Waals surface area contributed by atoms with Gasteiger partial charge in [-0.2, -0.15) is 5.26 Å². The van der Waals surface area contributed by atoms with Gasteiger partial charge in [-0.25, -0.2) is 4.98 Å². The molecule has 1 aromatic heterocycles. The molecule has 0 saturated heterocycles. The predicted octanol–water partition coefficient (Wildman–Crippen LogP) is 2.98. The van der Waals surface area contributed by atoms with Gasteiger partial charge in [0.25, 0.3) is 0 Å². The summed E-state index contributed by atoms with van der Waals surface area (Å²) in [4.78, 5) is 4.55. The number of nitriles is 1. The van der Waals surface area contributed by atoms with Crippen molar-refractivity contribution in [3.63, 3.8) is 0 Å². The van der Waals surface area contributed by atoms with Gasteiger partial charge in [-0.15, -0.1) is 0 Å². The number of aromatic nitrogens is 2. The Hall–Kier alpha value is -2.48. The lowest BCUT2D eigenvalue weighted by Gasteiger charge is -2.10. The molecule has 0 fully saturated rings. The van der Waals surface area contributed by atoms with Crippen LogP contribution >= 0.6 is 0 Å². The average molecular weight is 284 g/mol. The SMILES string of the molecule is COc1ccc(-c2nc(C)n(CC(C)C)c2N)cc1C#N. The van der Waals surface area contributed by atoms with E-state index < -0.39 is 0 Å². The molecular formula is C16H20N4O. The second-order valence-corrected chi connectivity index (χ2v) is 5.42. The fourth-order valence-corrected chi connectivity index (χ4v) is 2.33. The molecule has 0 radical (unpaired) electrons. The summed E-state index contributed by atoms with van der Waals surface area (Å²) in [5.41, 5.74) is 8.25. The van der Waals surface area contributed by atoms with Gasteiger partial charge in [0.15, 0.2) is 0 Å². The Balaban J connectivity index is 2.51. The van der Waals surface area contributed by atoms with Crippen LogP contribution in [0, 0.1) is 24.2 Å². The fourth-order valence-electron chi connectivity index (χ4n) is 2.33. The van der Waals surface area contributed by atoms with Crippen LogP contribution in [0.5, 0.6) is 5.75 Å². The zero-order valence-electron chi connectivity index (χ0n) is 12.8. The number of nitrogens with two attached hydrogens (primary N) is 1. The molecule has 0 spiro atoms. The van der Waals surface area contributed by atoms with Crippen LogP contribution in [0.15, 0.2) is 18.2 Å². The van der Waals surface area contributed by atoms with Gasteiger partial charge in [0, 0.05) is 12.1 Å². The summed E-state index contributed by atoms with van der Waals surface area (Å²) < 4.78 is 7.17. The van der Waals surface area contributed by atoms with E-state index >= 15 is 0 Å². The van der Waals surface area contributed by atoms with E-state index in [-0.39, 0.29) is 0 Å². The maximum absolute atomic E-state index is 9.18. The molecule has 2 aromatic rings. The molecule has 110 valence electrons. The van der Waals surface area contributed by atoms with Crippen LogP contribution < -0.4 is 10.5 Å². The molecule has 0 saturated carbocycles. The minimum Gasteiger partial charge on any atom is -0.495 e. The van der Waals surface area contributed by atoms with Gasteiger partial charge >= 0.3 is 0 Å². The maximum Gasteiger partial charge on any atom is 0.136 e. The second kappa shape index (κ2) is 5.88. The lowest BCUT2D eigenvalue weighted by atomic mass is 10.1. The van der Waals surface area contributed by atoms with E-state index in [1.54, 1.807) is 19.2 Å². The Morgan fingerprint density at radius 2 is 2.14 bits per heavy atom. The number of ether oxygens (including phenoxy) is 1. The average Bonchev–Trinajstić information content (AvgIpc) is 2.74. The molecule has 0 unspecified atom stereocenters. The van der Waals surface area contributed by atoms with Crippen molar-refractivity contribution in [1.82, 2.24) is 9.55 Å². The van der Waals surface area contributed by atoms with Gasteiger partial charge in [-0.05, 0) is 31.0 Å². The van der Waals surface area contributed by atoms with E-state index in [2.05, 4.69) is 24.9 Å². The first-order valence-corrected chi connectivity index (χ1v) is 6.89. The number of nitrogen functional groups attached to an aromatic ring is 1. The van der Waals surface area contributed by atoms with Crippen LogP contribution in [-0.4, -0.2) is 16.7 Å². The fraction of sp³-hybridized carbons (Fsp3) is 0.375. The molecule has 1 aromatic carbocycles. The summed E-state index contributed by atoms with van der Waals surface area (Å²) in [7, 11) is 1.55. The van der Waals surface area contributed by atoms with Crippen LogP contribution in [0.2, 0.25) is 0 Å². The number of nitrogens with zero attached hydrogens (tertiary/aromatic N) is 3. The van der Waals surface area contributed by atoms with Crippen molar-refractivity contribution in [1.29, 1.82) is 5.26 Å². The van der Waals surface area contributed by atoms with Crippen LogP contribution in [0.3, 0.4) is 0 Å². The highest BCUT2D eigenvalue weighted by atomic mass is 16.5. The molecule has 2 N–H and O–H groups in total. The van der Waals surface area contributed by atoms with Crippen LogP contribution in [0.1, 0.15) is 25.2 Å². The van der Waals surface area contributed by atoms with Gasteiger partial charge < -0.3 is 15.0 Å². The second-order valence-electron chi connectivity index (χ2n) is 5.42. The summed E-state index contributed by atoms with van der Waals surface area (Å²) in [5, 5.41) is 9.18. The third kappa shape index (κ3) is 2.84. The molecule has 0 aliphatic carbocycles. The third-order valence-corrected chi connectivity index (χ3v) is 3.34. The lowest BCUT2D eigenvalue weighted by molar-refractivity contribution is 0.413. The number of imidazole rings is 1. The smallest absolute Gasteiger partial charge is 0.136 e. The van der Waals surface area contributed by atoms with E-state index in [1.807, 2.05) is 17.6 Å². The standard InChI is InChI=1S/C16H20N4O/c1-10(2)9-20-11(3)19-15(16(20)18)12-5-6-14(21-4)13(7-12)8-17/h5-7,10H,9,18H2,1-4H3. The first kappa shape index (κ1) is 14.9. The van der Waals surface area contributed by atoms with Crippen molar-refractivity contribution < 1.29 is 4.74 Å². The number of hydrogen-bond acceptors (Lipinski definition) is 4. The molecule has 0 amide bonds. The van der Waals surface area contributed by atoms with E-state index in [0.29, 0.717) is 28.7 Å². The maximum atomic E-state index is 9.18. The highest BCUT2D eigenvalue weighted by Gasteiger charge is 2.16. The monoisotopic (exact) mass is 284 g/mol. The highest BCUT2D eigenvalue weighted by molar-refractivity contribution is 5.73. The van der Waals surface area contributed by atoms with Crippen molar-refractivity contribution in [3.8, 4) is 23.1 Å². The van der Waals surface area contributed by atoms with E-state index in [9.17, 15) is 5.26 Å². The van der Waals surface area contributed by atoms with Crippen molar-refractivity contribution in [2.24, 2.45) is 5.92 Å². The first-order chi connectivity index (χ1) is 9.97. The molecule has 0 aliphatic heterocycles. The molecule has 0 atom stereocenters. The number of aryl methyl sites for hydroxylation is 1. The molecule has 5 heteroatoms. The molecule has 0 bridgehead atoms. The van der Waals surface area contributed by atoms with Crippen LogP contribution in [0.4, 0.5) is 5.82 Å². The minimum atomic E-state index is 0.477. The van der Waals surface area contributed by atoms with Gasteiger partial charge in [-0.1, -0.05) is 13.8 Å². The normalized spacial score (nSPS) is 10.7. The summed E-state index contributed by atoms with van der Waals surface area (Å²) >= 11 is 0. The number of anilines is 1. The van der Waals surface area contributed by atoms with Crippen molar-refractivity contribution in [2.75, 3.05) is 12.8 Å². The largest absolute Gasteiger partial charge is 0.495 e. The van der Waals surface area contributed by atoms with Gasteiger partial charge in [0.1, 0.15) is 29.2 Å². The first-order valence-electron chi connectivity index (χ1n) is 6.89. The zero-order chi connectivity index (χ0) is 15.6. The Morgan fingerprint density at radius 3 is 2.71 bits per heavy atom. The molecule has 2 rings (SSSR count). The highest BCUT2D eigenvalue weighted by Crippen LogP contribution is 2.30. The zero-order valence-corrected chi connectivity index (χ0v) is 12.8.